The summed E-state index contributed by atoms with van der Waals surface area (Å²) in [6, 6.07) is 8.22. The summed E-state index contributed by atoms with van der Waals surface area (Å²) in [6.45, 7) is 6.15. The van der Waals surface area contributed by atoms with Crippen LogP contribution in [0.15, 0.2) is 24.3 Å². The number of nitrogens with zero attached hydrogens (tertiary/aromatic N) is 2. The van der Waals surface area contributed by atoms with E-state index >= 15 is 0 Å². The van der Waals surface area contributed by atoms with Gasteiger partial charge in [0.15, 0.2) is 11.9 Å². The average molecular weight is 290 g/mol. The molecule has 2 heterocycles. The van der Waals surface area contributed by atoms with Crippen LogP contribution in [-0.4, -0.2) is 49.4 Å². The molecule has 5 nitrogen and oxygen atoms in total. The first-order chi connectivity index (χ1) is 9.96. The Hall–Kier alpha value is -1.59. The number of para-hydroxylation sites is 1. The number of fused-ring (bicyclic) bond motifs is 1. The van der Waals surface area contributed by atoms with Crippen molar-refractivity contribution in [3.05, 3.63) is 29.8 Å². The summed E-state index contributed by atoms with van der Waals surface area (Å²) in [5.41, 5.74) is 2.36. The van der Waals surface area contributed by atoms with Crippen LogP contribution in [-0.2, 0) is 20.8 Å². The second-order valence-corrected chi connectivity index (χ2v) is 6.13. The average Bonchev–Trinajstić information content (AvgIpc) is 2.73. The standard InChI is InChI=1S/C16H22N2O3/c1-16(2)20-11-14(21-16)15(19)18-9-8-17(3)13-7-5-4-6-12(13)10-18/h4-7,14H,8-11H2,1-3H3/t14-/m0/s1. The minimum absolute atomic E-state index is 0.0191. The molecule has 0 unspecified atom stereocenters. The molecule has 0 bridgehead atoms. The molecule has 0 N–H and O–H groups in total. The van der Waals surface area contributed by atoms with Gasteiger partial charge in [-0.25, -0.2) is 0 Å². The summed E-state index contributed by atoms with van der Waals surface area (Å²) in [5, 5.41) is 0. The molecule has 1 saturated heterocycles. The number of likely N-dealkylation sites (N-methyl/N-ethyl adjacent to an activating group) is 1. The first kappa shape index (κ1) is 14.4. The molecule has 0 spiro atoms. The van der Waals surface area contributed by atoms with Crippen LogP contribution in [0.3, 0.4) is 0 Å². The lowest BCUT2D eigenvalue weighted by Crippen LogP contribution is -2.42. The molecular formula is C16H22N2O3. The third kappa shape index (κ3) is 2.89. The number of benzene rings is 1. The van der Waals surface area contributed by atoms with Gasteiger partial charge in [0, 0.05) is 32.4 Å². The lowest BCUT2D eigenvalue weighted by molar-refractivity contribution is -0.160. The summed E-state index contributed by atoms with van der Waals surface area (Å²) in [6.07, 6.45) is -0.490. The van der Waals surface area contributed by atoms with E-state index in [2.05, 4.69) is 24.1 Å². The van der Waals surface area contributed by atoms with E-state index in [1.54, 1.807) is 0 Å². The third-order valence-corrected chi connectivity index (χ3v) is 4.06. The molecule has 0 saturated carbocycles. The minimum atomic E-state index is -0.666. The lowest BCUT2D eigenvalue weighted by Gasteiger charge is -2.24. The van der Waals surface area contributed by atoms with Crippen LogP contribution in [0.25, 0.3) is 0 Å². The van der Waals surface area contributed by atoms with E-state index < -0.39 is 11.9 Å². The van der Waals surface area contributed by atoms with Gasteiger partial charge in [0.1, 0.15) is 0 Å². The third-order valence-electron chi connectivity index (χ3n) is 4.06. The summed E-state index contributed by atoms with van der Waals surface area (Å²) in [5.74, 6) is -0.647. The Labute approximate surface area is 125 Å². The van der Waals surface area contributed by atoms with E-state index in [4.69, 9.17) is 9.47 Å². The summed E-state index contributed by atoms with van der Waals surface area (Å²) in [4.78, 5) is 16.7. The predicted molar refractivity (Wildman–Crippen MR) is 80.0 cm³/mol. The molecule has 0 aromatic heterocycles. The lowest BCUT2D eigenvalue weighted by atomic mass is 10.1. The molecule has 3 rings (SSSR count). The molecule has 1 atom stereocenters. The number of hydrogen-bond acceptors (Lipinski definition) is 4. The van der Waals surface area contributed by atoms with Gasteiger partial charge in [-0.3, -0.25) is 4.79 Å². The SMILES string of the molecule is CN1CCN(C(=O)[C@@H]2COC(C)(C)O2)Cc2ccccc21. The molecule has 2 aliphatic rings. The molecule has 1 amide bonds. The number of anilines is 1. The number of ether oxygens (including phenoxy) is 2. The van der Waals surface area contributed by atoms with Crippen molar-refractivity contribution in [1.82, 2.24) is 4.90 Å². The minimum Gasteiger partial charge on any atom is -0.373 e. The highest BCUT2D eigenvalue weighted by molar-refractivity contribution is 5.82. The van der Waals surface area contributed by atoms with E-state index in [-0.39, 0.29) is 5.91 Å². The molecule has 2 aliphatic heterocycles. The smallest absolute Gasteiger partial charge is 0.254 e. The van der Waals surface area contributed by atoms with Crippen molar-refractivity contribution in [2.45, 2.75) is 32.3 Å². The molecule has 1 aromatic carbocycles. The fraction of sp³-hybridized carbons (Fsp3) is 0.562. The van der Waals surface area contributed by atoms with E-state index in [0.717, 1.165) is 6.54 Å². The number of rotatable bonds is 1. The normalized spacial score (nSPS) is 24.6. The quantitative estimate of drug-likeness (QED) is 0.788. The van der Waals surface area contributed by atoms with E-state index in [0.29, 0.717) is 19.7 Å². The molecular weight excluding hydrogens is 268 g/mol. The molecule has 5 heteroatoms. The van der Waals surface area contributed by atoms with Crippen molar-refractivity contribution in [3.8, 4) is 0 Å². The van der Waals surface area contributed by atoms with Crippen LogP contribution >= 0.6 is 0 Å². The van der Waals surface area contributed by atoms with Crippen LogP contribution in [0.1, 0.15) is 19.4 Å². The van der Waals surface area contributed by atoms with Crippen molar-refractivity contribution < 1.29 is 14.3 Å². The van der Waals surface area contributed by atoms with E-state index in [1.165, 1.54) is 11.3 Å². The van der Waals surface area contributed by atoms with Crippen LogP contribution in [0.2, 0.25) is 0 Å². The largest absolute Gasteiger partial charge is 0.373 e. The molecule has 1 fully saturated rings. The maximum Gasteiger partial charge on any atom is 0.254 e. The van der Waals surface area contributed by atoms with Gasteiger partial charge < -0.3 is 19.3 Å². The van der Waals surface area contributed by atoms with E-state index in [9.17, 15) is 4.79 Å². The molecule has 114 valence electrons. The van der Waals surface area contributed by atoms with Gasteiger partial charge in [-0.05, 0) is 25.5 Å². The summed E-state index contributed by atoms with van der Waals surface area (Å²) < 4.78 is 11.2. The van der Waals surface area contributed by atoms with Gasteiger partial charge in [-0.2, -0.15) is 0 Å². The van der Waals surface area contributed by atoms with Gasteiger partial charge in [0.25, 0.3) is 5.91 Å². The van der Waals surface area contributed by atoms with Gasteiger partial charge in [-0.15, -0.1) is 0 Å². The zero-order valence-corrected chi connectivity index (χ0v) is 12.8. The van der Waals surface area contributed by atoms with Crippen LogP contribution in [0.5, 0.6) is 0 Å². The van der Waals surface area contributed by atoms with Gasteiger partial charge in [-0.1, -0.05) is 18.2 Å². The highest BCUT2D eigenvalue weighted by Gasteiger charge is 2.39. The van der Waals surface area contributed by atoms with Crippen LogP contribution < -0.4 is 4.90 Å². The second-order valence-electron chi connectivity index (χ2n) is 6.13. The highest BCUT2D eigenvalue weighted by atomic mass is 16.7. The molecule has 1 aromatic rings. The highest BCUT2D eigenvalue weighted by Crippen LogP contribution is 2.27. The number of carbonyl (C=O) groups is 1. The first-order valence-corrected chi connectivity index (χ1v) is 7.36. The fourth-order valence-electron chi connectivity index (χ4n) is 2.89. The Morgan fingerprint density at radius 1 is 1.29 bits per heavy atom. The Morgan fingerprint density at radius 2 is 2.05 bits per heavy atom. The Kier molecular flexibility index (Phi) is 3.63. The second kappa shape index (κ2) is 5.31. The molecule has 0 radical (unpaired) electrons. The van der Waals surface area contributed by atoms with Crippen molar-refractivity contribution >= 4 is 11.6 Å². The first-order valence-electron chi connectivity index (χ1n) is 7.36. The van der Waals surface area contributed by atoms with Crippen molar-refractivity contribution in [2.75, 3.05) is 31.6 Å². The Morgan fingerprint density at radius 3 is 2.76 bits per heavy atom. The maximum atomic E-state index is 12.7. The summed E-state index contributed by atoms with van der Waals surface area (Å²) >= 11 is 0. The Balaban J connectivity index is 1.77. The monoisotopic (exact) mass is 290 g/mol. The zero-order valence-electron chi connectivity index (χ0n) is 12.8. The van der Waals surface area contributed by atoms with E-state index in [1.807, 2.05) is 30.9 Å². The van der Waals surface area contributed by atoms with Crippen molar-refractivity contribution in [3.63, 3.8) is 0 Å². The maximum absolute atomic E-state index is 12.7. The topological polar surface area (TPSA) is 42.0 Å². The summed E-state index contributed by atoms with van der Waals surface area (Å²) in [7, 11) is 2.06. The van der Waals surface area contributed by atoms with Crippen LogP contribution in [0, 0.1) is 0 Å². The Bertz CT molecular complexity index is 544. The predicted octanol–water partition coefficient (Wildman–Crippen LogP) is 1.62. The number of hydrogen-bond donors (Lipinski definition) is 0. The number of carbonyl (C=O) groups excluding carboxylic acids is 1. The fourth-order valence-corrected chi connectivity index (χ4v) is 2.89. The van der Waals surface area contributed by atoms with Gasteiger partial charge >= 0.3 is 0 Å². The van der Waals surface area contributed by atoms with Crippen LogP contribution in [0.4, 0.5) is 5.69 Å². The number of amides is 1. The molecule has 0 aliphatic carbocycles. The van der Waals surface area contributed by atoms with Gasteiger partial charge in [0.05, 0.1) is 6.61 Å². The molecule has 21 heavy (non-hydrogen) atoms. The van der Waals surface area contributed by atoms with Gasteiger partial charge in [0.2, 0.25) is 0 Å². The van der Waals surface area contributed by atoms with Crippen molar-refractivity contribution in [2.24, 2.45) is 0 Å². The van der Waals surface area contributed by atoms with Crippen molar-refractivity contribution in [1.29, 1.82) is 0 Å². The zero-order chi connectivity index (χ0) is 15.0.